The van der Waals surface area contributed by atoms with E-state index >= 15 is 0 Å². The Morgan fingerprint density at radius 3 is 2.69 bits per heavy atom. The van der Waals surface area contributed by atoms with E-state index in [1.54, 1.807) is 7.11 Å². The fraction of sp³-hybridized carbons (Fsp3) is 0.500. The first-order valence-electron chi connectivity index (χ1n) is 5.47. The Morgan fingerprint density at radius 1 is 1.50 bits per heavy atom. The number of methoxy groups -OCH3 is 1. The topological polar surface area (TPSA) is 33.3 Å². The van der Waals surface area contributed by atoms with Crippen LogP contribution in [-0.2, 0) is 0 Å². The Morgan fingerprint density at radius 2 is 2.25 bits per heavy atom. The fourth-order valence-corrected chi connectivity index (χ4v) is 2.37. The lowest BCUT2D eigenvalue weighted by atomic mass is 9.88. The van der Waals surface area contributed by atoms with Gasteiger partial charge in [0.05, 0.1) is 7.11 Å². The number of benzene rings is 1. The number of ether oxygens (including phenoxy) is 1. The summed E-state index contributed by atoms with van der Waals surface area (Å²) in [6.07, 6.45) is 0. The fourth-order valence-electron chi connectivity index (χ4n) is 2.08. The van der Waals surface area contributed by atoms with Gasteiger partial charge < -0.3 is 15.4 Å². The first-order chi connectivity index (χ1) is 7.76. The van der Waals surface area contributed by atoms with Crippen LogP contribution in [0.2, 0.25) is 5.02 Å². The van der Waals surface area contributed by atoms with Crippen molar-refractivity contribution in [2.75, 3.05) is 27.2 Å². The van der Waals surface area contributed by atoms with E-state index in [9.17, 15) is 0 Å². The summed E-state index contributed by atoms with van der Waals surface area (Å²) in [5.41, 5.74) is 1.15. The molecule has 0 aromatic heterocycles. The molecule has 3 nitrogen and oxygen atoms in total. The van der Waals surface area contributed by atoms with Crippen molar-refractivity contribution in [1.29, 1.82) is 0 Å². The molecule has 1 fully saturated rings. The van der Waals surface area contributed by atoms with Gasteiger partial charge >= 0.3 is 0 Å². The van der Waals surface area contributed by atoms with Crippen molar-refractivity contribution in [2.24, 2.45) is 5.92 Å². The molecule has 1 atom stereocenters. The molecule has 0 aliphatic carbocycles. The molecule has 0 bridgehead atoms. The van der Waals surface area contributed by atoms with E-state index in [-0.39, 0.29) is 0 Å². The highest BCUT2D eigenvalue weighted by atomic mass is 35.5. The van der Waals surface area contributed by atoms with E-state index in [2.05, 4.69) is 10.6 Å². The van der Waals surface area contributed by atoms with Crippen molar-refractivity contribution in [3.8, 4) is 5.75 Å². The monoisotopic (exact) mass is 240 g/mol. The van der Waals surface area contributed by atoms with Gasteiger partial charge in [-0.1, -0.05) is 17.7 Å². The van der Waals surface area contributed by atoms with Gasteiger partial charge in [0.25, 0.3) is 0 Å². The number of halogens is 1. The van der Waals surface area contributed by atoms with Crippen LogP contribution in [0.25, 0.3) is 0 Å². The zero-order valence-corrected chi connectivity index (χ0v) is 10.3. The average molecular weight is 241 g/mol. The SMILES string of the molecule is CNC(c1ccc(OC)cc1Cl)C1CNC1. The lowest BCUT2D eigenvalue weighted by Crippen LogP contribution is -2.48. The maximum Gasteiger partial charge on any atom is 0.120 e. The number of hydrogen-bond donors (Lipinski definition) is 2. The summed E-state index contributed by atoms with van der Waals surface area (Å²) in [6.45, 7) is 2.10. The second kappa shape index (κ2) is 5.04. The van der Waals surface area contributed by atoms with Crippen LogP contribution in [0.5, 0.6) is 5.75 Å². The van der Waals surface area contributed by atoms with E-state index in [1.165, 1.54) is 0 Å². The molecule has 2 N–H and O–H groups in total. The molecule has 88 valence electrons. The van der Waals surface area contributed by atoms with Gasteiger partial charge in [0.2, 0.25) is 0 Å². The molecule has 16 heavy (non-hydrogen) atoms. The summed E-state index contributed by atoms with van der Waals surface area (Å²) in [7, 11) is 3.63. The van der Waals surface area contributed by atoms with Gasteiger partial charge in [-0.25, -0.2) is 0 Å². The molecule has 1 aromatic carbocycles. The van der Waals surface area contributed by atoms with E-state index in [1.807, 2.05) is 25.2 Å². The summed E-state index contributed by atoms with van der Waals surface area (Å²) in [4.78, 5) is 0. The third-order valence-electron chi connectivity index (χ3n) is 3.14. The minimum atomic E-state index is 0.319. The molecule has 1 unspecified atom stereocenters. The van der Waals surface area contributed by atoms with Crippen molar-refractivity contribution < 1.29 is 4.74 Å². The molecule has 4 heteroatoms. The maximum atomic E-state index is 6.27. The van der Waals surface area contributed by atoms with Gasteiger partial charge in [0.15, 0.2) is 0 Å². The highest BCUT2D eigenvalue weighted by Crippen LogP contribution is 2.32. The quantitative estimate of drug-likeness (QED) is 0.843. The number of rotatable bonds is 4. The zero-order chi connectivity index (χ0) is 11.5. The Kier molecular flexibility index (Phi) is 3.69. The highest BCUT2D eigenvalue weighted by molar-refractivity contribution is 6.31. The molecule has 1 heterocycles. The normalized spacial score (nSPS) is 17.9. The van der Waals surface area contributed by atoms with E-state index in [4.69, 9.17) is 16.3 Å². The van der Waals surface area contributed by atoms with Crippen molar-refractivity contribution in [3.63, 3.8) is 0 Å². The molecule has 1 aliphatic rings. The van der Waals surface area contributed by atoms with Crippen LogP contribution < -0.4 is 15.4 Å². The van der Waals surface area contributed by atoms with Crippen LogP contribution in [0, 0.1) is 5.92 Å². The average Bonchev–Trinajstić information content (AvgIpc) is 2.23. The predicted octanol–water partition coefficient (Wildman–Crippen LogP) is 1.83. The van der Waals surface area contributed by atoms with Gasteiger partial charge in [-0.15, -0.1) is 0 Å². The molecule has 0 amide bonds. The Hall–Kier alpha value is -0.770. The first-order valence-corrected chi connectivity index (χ1v) is 5.85. The molecule has 1 saturated heterocycles. The van der Waals surface area contributed by atoms with Crippen molar-refractivity contribution in [1.82, 2.24) is 10.6 Å². The Labute approximate surface area is 101 Å². The van der Waals surface area contributed by atoms with Gasteiger partial charge in [-0.2, -0.15) is 0 Å². The molecule has 0 saturated carbocycles. The van der Waals surface area contributed by atoms with E-state index in [0.717, 1.165) is 29.4 Å². The molecular formula is C12H17ClN2O. The van der Waals surface area contributed by atoms with Crippen LogP contribution in [0.4, 0.5) is 0 Å². The van der Waals surface area contributed by atoms with E-state index < -0.39 is 0 Å². The van der Waals surface area contributed by atoms with Crippen LogP contribution in [0.3, 0.4) is 0 Å². The van der Waals surface area contributed by atoms with E-state index in [0.29, 0.717) is 12.0 Å². The van der Waals surface area contributed by atoms with Crippen molar-refractivity contribution in [2.45, 2.75) is 6.04 Å². The minimum Gasteiger partial charge on any atom is -0.497 e. The van der Waals surface area contributed by atoms with Crippen LogP contribution in [0.15, 0.2) is 18.2 Å². The highest BCUT2D eigenvalue weighted by Gasteiger charge is 2.28. The Balaban J connectivity index is 2.23. The Bertz CT molecular complexity index is 366. The number of nitrogens with one attached hydrogen (secondary N) is 2. The number of hydrogen-bond acceptors (Lipinski definition) is 3. The molecule has 1 aromatic rings. The maximum absolute atomic E-state index is 6.27. The lowest BCUT2D eigenvalue weighted by molar-refractivity contribution is 0.268. The molecule has 1 aliphatic heterocycles. The van der Waals surface area contributed by atoms with Crippen LogP contribution in [-0.4, -0.2) is 27.2 Å². The van der Waals surface area contributed by atoms with Crippen molar-refractivity contribution in [3.05, 3.63) is 28.8 Å². The summed E-state index contributed by atoms with van der Waals surface area (Å²) < 4.78 is 5.15. The van der Waals surface area contributed by atoms with Gasteiger partial charge in [0, 0.05) is 30.1 Å². The first kappa shape index (κ1) is 11.7. The minimum absolute atomic E-state index is 0.319. The standard InChI is InChI=1S/C12H17ClN2O/c1-14-12(8-6-15-7-8)10-4-3-9(16-2)5-11(10)13/h3-5,8,12,14-15H,6-7H2,1-2H3. The lowest BCUT2D eigenvalue weighted by Gasteiger charge is -2.35. The molecule has 0 spiro atoms. The van der Waals surface area contributed by atoms with Crippen molar-refractivity contribution >= 4 is 11.6 Å². The summed E-state index contributed by atoms with van der Waals surface area (Å²) in [6, 6.07) is 6.19. The molecule has 0 radical (unpaired) electrons. The third kappa shape index (κ3) is 2.17. The molecule has 2 rings (SSSR count). The largest absolute Gasteiger partial charge is 0.497 e. The predicted molar refractivity (Wildman–Crippen MR) is 66.2 cm³/mol. The molecular weight excluding hydrogens is 224 g/mol. The smallest absolute Gasteiger partial charge is 0.120 e. The van der Waals surface area contributed by atoms with Gasteiger partial charge in [-0.3, -0.25) is 0 Å². The zero-order valence-electron chi connectivity index (χ0n) is 9.59. The second-order valence-electron chi connectivity index (χ2n) is 4.07. The van der Waals surface area contributed by atoms with Crippen LogP contribution >= 0.6 is 11.6 Å². The third-order valence-corrected chi connectivity index (χ3v) is 3.47. The summed E-state index contributed by atoms with van der Waals surface area (Å²) >= 11 is 6.27. The summed E-state index contributed by atoms with van der Waals surface area (Å²) in [5.74, 6) is 1.42. The summed E-state index contributed by atoms with van der Waals surface area (Å²) in [5, 5.41) is 7.38. The van der Waals surface area contributed by atoms with Gasteiger partial charge in [-0.05, 0) is 24.7 Å². The van der Waals surface area contributed by atoms with Crippen LogP contribution in [0.1, 0.15) is 11.6 Å². The van der Waals surface area contributed by atoms with Gasteiger partial charge in [0.1, 0.15) is 5.75 Å². The second-order valence-corrected chi connectivity index (χ2v) is 4.48.